The average Bonchev–Trinajstić information content (AvgIpc) is 2.66. The molecule has 5 nitrogen and oxygen atoms in total. The van der Waals surface area contributed by atoms with Gasteiger partial charge in [-0.1, -0.05) is 38.8 Å². The van der Waals surface area contributed by atoms with Gasteiger partial charge in [-0.3, -0.25) is 4.90 Å². The molecule has 26 heavy (non-hydrogen) atoms. The van der Waals surface area contributed by atoms with Crippen LogP contribution < -0.4 is 10.6 Å². The van der Waals surface area contributed by atoms with E-state index in [2.05, 4.69) is 29.4 Å². The third-order valence-electron chi connectivity index (χ3n) is 5.25. The second-order valence-electron chi connectivity index (χ2n) is 6.94. The van der Waals surface area contributed by atoms with Gasteiger partial charge in [0, 0.05) is 32.2 Å². The van der Waals surface area contributed by atoms with Crippen molar-refractivity contribution in [3.63, 3.8) is 0 Å². The lowest BCUT2D eigenvalue weighted by atomic mass is 9.92. The fraction of sp³-hybridized carbons (Fsp3) is 0.650. The molecule has 1 aliphatic rings. The van der Waals surface area contributed by atoms with E-state index in [0.29, 0.717) is 30.6 Å². The molecule has 1 aliphatic heterocycles. The minimum atomic E-state index is -0.225. The molecular weight excluding hydrogens is 333 g/mol. The van der Waals surface area contributed by atoms with E-state index in [-0.39, 0.29) is 11.8 Å². The fourth-order valence-corrected chi connectivity index (χ4v) is 3.59. The number of benzene rings is 1. The van der Waals surface area contributed by atoms with E-state index in [4.69, 9.17) is 4.74 Å². The van der Waals surface area contributed by atoms with Crippen molar-refractivity contribution < 1.29 is 13.9 Å². The Morgan fingerprint density at radius 2 is 1.92 bits per heavy atom. The van der Waals surface area contributed by atoms with Crippen LogP contribution in [0, 0.1) is 18.7 Å². The quantitative estimate of drug-likeness (QED) is 0.744. The summed E-state index contributed by atoms with van der Waals surface area (Å²) in [5.74, 6) is 0.324. The minimum absolute atomic E-state index is 0.184. The van der Waals surface area contributed by atoms with Gasteiger partial charge in [0.25, 0.3) is 0 Å². The summed E-state index contributed by atoms with van der Waals surface area (Å²) in [6, 6.07) is 5.04. The third-order valence-corrected chi connectivity index (χ3v) is 5.25. The van der Waals surface area contributed by atoms with Crippen LogP contribution in [0.25, 0.3) is 0 Å². The Balaban J connectivity index is 1.85. The lowest BCUT2D eigenvalue weighted by Gasteiger charge is -2.38. The van der Waals surface area contributed by atoms with Crippen LogP contribution in [0.1, 0.15) is 37.8 Å². The van der Waals surface area contributed by atoms with Gasteiger partial charge in [-0.2, -0.15) is 0 Å². The van der Waals surface area contributed by atoms with Gasteiger partial charge in [0.2, 0.25) is 0 Å². The zero-order valence-electron chi connectivity index (χ0n) is 16.2. The Morgan fingerprint density at radius 3 is 2.54 bits per heavy atom. The molecule has 2 amide bonds. The zero-order valence-corrected chi connectivity index (χ0v) is 16.2. The first-order chi connectivity index (χ1) is 12.5. The predicted molar refractivity (Wildman–Crippen MR) is 102 cm³/mol. The maximum Gasteiger partial charge on any atom is 0.315 e. The predicted octanol–water partition coefficient (Wildman–Crippen LogP) is 3.07. The molecule has 1 aromatic carbocycles. The number of halogens is 1. The highest BCUT2D eigenvalue weighted by Gasteiger charge is 2.27. The largest absolute Gasteiger partial charge is 0.379 e. The number of nitrogens with zero attached hydrogens (tertiary/aromatic N) is 1. The van der Waals surface area contributed by atoms with Crippen LogP contribution in [0.2, 0.25) is 0 Å². The number of amides is 2. The van der Waals surface area contributed by atoms with Gasteiger partial charge in [0.15, 0.2) is 0 Å². The van der Waals surface area contributed by atoms with Crippen LogP contribution >= 0.6 is 0 Å². The Bertz CT molecular complexity index is 572. The van der Waals surface area contributed by atoms with Gasteiger partial charge in [-0.05, 0) is 30.0 Å². The third kappa shape index (κ3) is 5.95. The van der Waals surface area contributed by atoms with E-state index in [1.54, 1.807) is 19.1 Å². The zero-order chi connectivity index (χ0) is 18.9. The minimum Gasteiger partial charge on any atom is -0.379 e. The van der Waals surface area contributed by atoms with Crippen molar-refractivity contribution in [1.29, 1.82) is 0 Å². The number of carbonyl (C=O) groups excluding carboxylic acids is 1. The molecule has 1 atom stereocenters. The van der Waals surface area contributed by atoms with Crippen molar-refractivity contribution in [1.82, 2.24) is 15.5 Å². The number of urea groups is 1. The molecule has 0 aliphatic carbocycles. The van der Waals surface area contributed by atoms with Crippen molar-refractivity contribution in [3.8, 4) is 0 Å². The Labute approximate surface area is 156 Å². The molecule has 1 unspecified atom stereocenters. The summed E-state index contributed by atoms with van der Waals surface area (Å²) >= 11 is 0. The van der Waals surface area contributed by atoms with Crippen LogP contribution in [0.15, 0.2) is 18.2 Å². The first kappa shape index (κ1) is 20.6. The van der Waals surface area contributed by atoms with Crippen molar-refractivity contribution >= 4 is 6.03 Å². The molecule has 1 heterocycles. The molecule has 0 spiro atoms. The van der Waals surface area contributed by atoms with E-state index in [1.165, 1.54) is 6.07 Å². The van der Waals surface area contributed by atoms with Crippen LogP contribution in [0.3, 0.4) is 0 Å². The van der Waals surface area contributed by atoms with Gasteiger partial charge in [-0.25, -0.2) is 9.18 Å². The number of hydrogen-bond acceptors (Lipinski definition) is 3. The van der Waals surface area contributed by atoms with Gasteiger partial charge in [0.1, 0.15) is 5.82 Å². The van der Waals surface area contributed by atoms with Crippen molar-refractivity contribution in [2.45, 2.75) is 46.2 Å². The SMILES string of the molecule is CCC(CC)C(CNC(=O)NCc1ccc(F)c(C)c1)N1CCOCC1. The molecule has 146 valence electrons. The van der Waals surface area contributed by atoms with E-state index >= 15 is 0 Å². The first-order valence-electron chi connectivity index (χ1n) is 9.63. The maximum absolute atomic E-state index is 13.3. The number of nitrogens with one attached hydrogen (secondary N) is 2. The fourth-order valence-electron chi connectivity index (χ4n) is 3.59. The smallest absolute Gasteiger partial charge is 0.315 e. The molecule has 0 saturated carbocycles. The summed E-state index contributed by atoms with van der Waals surface area (Å²) in [7, 11) is 0. The summed E-state index contributed by atoms with van der Waals surface area (Å²) < 4.78 is 18.8. The molecule has 0 bridgehead atoms. The van der Waals surface area contributed by atoms with Crippen LogP contribution in [0.5, 0.6) is 0 Å². The highest BCUT2D eigenvalue weighted by Crippen LogP contribution is 2.19. The Kier molecular flexibility index (Phi) is 8.32. The topological polar surface area (TPSA) is 53.6 Å². The second kappa shape index (κ2) is 10.5. The van der Waals surface area contributed by atoms with E-state index in [0.717, 1.165) is 44.7 Å². The van der Waals surface area contributed by atoms with Crippen LogP contribution in [0.4, 0.5) is 9.18 Å². The Morgan fingerprint density at radius 1 is 1.23 bits per heavy atom. The number of aryl methyl sites for hydroxylation is 1. The maximum atomic E-state index is 13.3. The molecule has 1 aromatic rings. The Hall–Kier alpha value is -1.66. The van der Waals surface area contributed by atoms with E-state index in [9.17, 15) is 9.18 Å². The van der Waals surface area contributed by atoms with Gasteiger partial charge in [0.05, 0.1) is 13.2 Å². The second-order valence-corrected chi connectivity index (χ2v) is 6.94. The molecule has 0 radical (unpaired) electrons. The molecule has 1 saturated heterocycles. The highest BCUT2D eigenvalue weighted by molar-refractivity contribution is 5.73. The summed E-state index contributed by atoms with van der Waals surface area (Å²) in [4.78, 5) is 14.7. The van der Waals surface area contributed by atoms with Gasteiger partial charge < -0.3 is 15.4 Å². The molecule has 6 heteroatoms. The molecular formula is C20H32FN3O2. The van der Waals surface area contributed by atoms with E-state index < -0.39 is 0 Å². The number of carbonyl (C=O) groups is 1. The van der Waals surface area contributed by atoms with Crippen molar-refractivity contribution in [2.75, 3.05) is 32.8 Å². The summed E-state index contributed by atoms with van der Waals surface area (Å²) in [5.41, 5.74) is 1.48. The molecule has 1 fully saturated rings. The van der Waals surface area contributed by atoms with E-state index in [1.807, 2.05) is 0 Å². The number of hydrogen-bond donors (Lipinski definition) is 2. The first-order valence-corrected chi connectivity index (χ1v) is 9.63. The van der Waals surface area contributed by atoms with Crippen LogP contribution in [-0.4, -0.2) is 49.8 Å². The van der Waals surface area contributed by atoms with Crippen LogP contribution in [-0.2, 0) is 11.3 Å². The molecule has 2 N–H and O–H groups in total. The standard InChI is InChI=1S/C20H32FN3O2/c1-4-17(5-2)19(24-8-10-26-11-9-24)14-23-20(25)22-13-16-6-7-18(21)15(3)12-16/h6-7,12,17,19H,4-5,8-11,13-14H2,1-3H3,(H2,22,23,25). The normalized spacial score (nSPS) is 16.5. The number of morpholine rings is 1. The number of rotatable bonds is 8. The van der Waals surface area contributed by atoms with Gasteiger partial charge in [-0.15, -0.1) is 0 Å². The summed E-state index contributed by atoms with van der Waals surface area (Å²) in [6.07, 6.45) is 2.19. The lowest BCUT2D eigenvalue weighted by molar-refractivity contribution is 0.00237. The lowest BCUT2D eigenvalue weighted by Crippen LogP contribution is -2.53. The van der Waals surface area contributed by atoms with Gasteiger partial charge >= 0.3 is 6.03 Å². The molecule has 0 aromatic heterocycles. The van der Waals surface area contributed by atoms with Crippen molar-refractivity contribution in [2.24, 2.45) is 5.92 Å². The van der Waals surface area contributed by atoms with Crippen molar-refractivity contribution in [3.05, 3.63) is 35.1 Å². The summed E-state index contributed by atoms with van der Waals surface area (Å²) in [6.45, 7) is 10.5. The number of ether oxygens (including phenoxy) is 1. The average molecular weight is 365 g/mol. The molecule has 2 rings (SSSR count). The summed E-state index contributed by atoms with van der Waals surface area (Å²) in [5, 5.41) is 5.88. The highest BCUT2D eigenvalue weighted by atomic mass is 19.1. The monoisotopic (exact) mass is 365 g/mol.